The molecular weight excluding hydrogens is 354 g/mol. The van der Waals surface area contributed by atoms with Gasteiger partial charge in [0.15, 0.2) is 0 Å². The van der Waals surface area contributed by atoms with Crippen molar-refractivity contribution in [3.8, 4) is 0 Å². The number of carbonyl (C=O) groups excluding carboxylic acids is 1. The van der Waals surface area contributed by atoms with E-state index >= 15 is 0 Å². The molecule has 2 aliphatic rings. The van der Waals surface area contributed by atoms with Gasteiger partial charge in [-0.2, -0.15) is 0 Å². The third-order valence-corrected chi connectivity index (χ3v) is 6.30. The molecule has 1 aromatic heterocycles. The zero-order valence-electron chi connectivity index (χ0n) is 14.7. The first kappa shape index (κ1) is 17.4. The molecule has 0 aliphatic carbocycles. The molecule has 2 aromatic rings. The van der Waals surface area contributed by atoms with Gasteiger partial charge in [-0.3, -0.25) is 4.79 Å². The van der Waals surface area contributed by atoms with Crippen molar-refractivity contribution in [2.75, 3.05) is 19.6 Å². The van der Waals surface area contributed by atoms with Crippen LogP contribution in [0.1, 0.15) is 29.8 Å². The minimum Gasteiger partial charge on any atom is -0.480 e. The normalized spacial score (nSPS) is 22.2. The predicted octanol–water partition coefficient (Wildman–Crippen LogP) is 2.50. The van der Waals surface area contributed by atoms with Gasteiger partial charge in [-0.05, 0) is 56.0 Å². The molecule has 0 radical (unpaired) electrons. The zero-order chi connectivity index (χ0) is 18.5. The first-order chi connectivity index (χ1) is 12.4. The minimum absolute atomic E-state index is 0.0911. The predicted molar refractivity (Wildman–Crippen MR) is 99.5 cm³/mol. The largest absolute Gasteiger partial charge is 0.480 e. The van der Waals surface area contributed by atoms with Crippen LogP contribution in [0.2, 0.25) is 5.02 Å². The van der Waals surface area contributed by atoms with Gasteiger partial charge in [-0.1, -0.05) is 17.7 Å². The Morgan fingerprint density at radius 2 is 2.04 bits per heavy atom. The third kappa shape index (κ3) is 2.68. The van der Waals surface area contributed by atoms with Crippen molar-refractivity contribution in [1.29, 1.82) is 0 Å². The van der Waals surface area contributed by atoms with Gasteiger partial charge in [0, 0.05) is 29.5 Å². The van der Waals surface area contributed by atoms with E-state index in [4.69, 9.17) is 11.6 Å². The van der Waals surface area contributed by atoms with E-state index in [1.54, 1.807) is 21.6 Å². The molecule has 7 heteroatoms. The third-order valence-electron chi connectivity index (χ3n) is 5.97. The second kappa shape index (κ2) is 6.28. The van der Waals surface area contributed by atoms with Crippen LogP contribution in [0.3, 0.4) is 0 Å². The number of carboxylic acids is 1. The molecular formula is C19H22ClN3O3. The van der Waals surface area contributed by atoms with Crippen LogP contribution < -0.4 is 5.32 Å². The lowest BCUT2D eigenvalue weighted by Gasteiger charge is -2.33. The SMILES string of the molecule is Cn1c(C(=O)N2CC3(CCNCC3)C[C@H]2C(=O)O)cc2c(Cl)cccc21. The van der Waals surface area contributed by atoms with Crippen LogP contribution >= 0.6 is 11.6 Å². The van der Waals surface area contributed by atoms with Gasteiger partial charge in [0.05, 0.1) is 0 Å². The van der Waals surface area contributed by atoms with E-state index < -0.39 is 12.0 Å². The molecule has 2 aliphatic heterocycles. The van der Waals surface area contributed by atoms with Gasteiger partial charge in [-0.15, -0.1) is 0 Å². The van der Waals surface area contributed by atoms with E-state index in [9.17, 15) is 14.7 Å². The lowest BCUT2D eigenvalue weighted by atomic mass is 9.77. The molecule has 0 unspecified atom stereocenters. The highest BCUT2D eigenvalue weighted by Gasteiger charge is 2.49. The van der Waals surface area contributed by atoms with Crippen LogP contribution in [0.4, 0.5) is 0 Å². The maximum absolute atomic E-state index is 13.3. The first-order valence-corrected chi connectivity index (χ1v) is 9.28. The standard InChI is InChI=1S/C19H22ClN3O3/c1-22-14-4-2-3-13(20)12(14)9-15(22)17(24)23-11-19(5-7-21-8-6-19)10-16(23)18(25)26/h2-4,9,16,21H,5-8,10-11H2,1H3,(H,25,26)/t16-/m0/s1. The number of carboxylic acid groups (broad SMARTS) is 1. The number of piperidine rings is 1. The lowest BCUT2D eigenvalue weighted by molar-refractivity contribution is -0.141. The molecule has 1 aromatic carbocycles. The fraction of sp³-hybridized carbons (Fsp3) is 0.474. The molecule has 1 amide bonds. The maximum Gasteiger partial charge on any atom is 0.326 e. The van der Waals surface area contributed by atoms with Gasteiger partial charge in [0.25, 0.3) is 5.91 Å². The zero-order valence-corrected chi connectivity index (χ0v) is 15.4. The number of aliphatic carboxylic acids is 1. The van der Waals surface area contributed by atoms with Crippen molar-refractivity contribution in [1.82, 2.24) is 14.8 Å². The molecule has 1 spiro atoms. The molecule has 138 valence electrons. The van der Waals surface area contributed by atoms with Crippen molar-refractivity contribution in [2.24, 2.45) is 12.5 Å². The Labute approximate surface area is 156 Å². The van der Waals surface area contributed by atoms with Gasteiger partial charge >= 0.3 is 5.97 Å². The highest BCUT2D eigenvalue weighted by Crippen LogP contribution is 2.42. The fourth-order valence-electron chi connectivity index (χ4n) is 4.49. The topological polar surface area (TPSA) is 74.6 Å². The van der Waals surface area contributed by atoms with Gasteiger partial charge in [0.1, 0.15) is 11.7 Å². The molecule has 26 heavy (non-hydrogen) atoms. The second-order valence-corrected chi connectivity index (χ2v) is 7.91. The number of rotatable bonds is 2. The van der Waals surface area contributed by atoms with E-state index in [1.165, 1.54) is 0 Å². The number of amides is 1. The summed E-state index contributed by atoms with van der Waals surface area (Å²) in [4.78, 5) is 26.7. The summed E-state index contributed by atoms with van der Waals surface area (Å²) < 4.78 is 1.80. The highest BCUT2D eigenvalue weighted by molar-refractivity contribution is 6.35. The molecule has 3 heterocycles. The number of carbonyl (C=O) groups is 2. The van der Waals surface area contributed by atoms with E-state index in [-0.39, 0.29) is 11.3 Å². The Morgan fingerprint density at radius 1 is 1.31 bits per heavy atom. The van der Waals surface area contributed by atoms with E-state index in [0.29, 0.717) is 23.7 Å². The summed E-state index contributed by atoms with van der Waals surface area (Å²) in [5.41, 5.74) is 1.25. The Morgan fingerprint density at radius 3 is 2.69 bits per heavy atom. The number of nitrogens with zero attached hydrogens (tertiary/aromatic N) is 2. The van der Waals surface area contributed by atoms with E-state index in [1.807, 2.05) is 19.2 Å². The molecule has 0 saturated carbocycles. The number of fused-ring (bicyclic) bond motifs is 1. The van der Waals surface area contributed by atoms with Crippen LogP contribution in [0, 0.1) is 5.41 Å². The Bertz CT molecular complexity index is 886. The number of aromatic nitrogens is 1. The van der Waals surface area contributed by atoms with Gasteiger partial charge < -0.3 is 19.9 Å². The second-order valence-electron chi connectivity index (χ2n) is 7.50. The Balaban J connectivity index is 1.71. The van der Waals surface area contributed by atoms with Crippen LogP contribution in [-0.4, -0.2) is 52.1 Å². The molecule has 0 bridgehead atoms. The maximum atomic E-state index is 13.3. The molecule has 1 atom stereocenters. The lowest BCUT2D eigenvalue weighted by Crippen LogP contribution is -2.42. The summed E-state index contributed by atoms with van der Waals surface area (Å²) in [6.07, 6.45) is 2.34. The number of hydrogen-bond acceptors (Lipinski definition) is 3. The fourth-order valence-corrected chi connectivity index (χ4v) is 4.71. The molecule has 2 N–H and O–H groups in total. The number of aryl methyl sites for hydroxylation is 1. The van der Waals surface area contributed by atoms with Crippen molar-refractivity contribution >= 4 is 34.4 Å². The Hall–Kier alpha value is -2.05. The van der Waals surface area contributed by atoms with Crippen molar-refractivity contribution < 1.29 is 14.7 Å². The highest BCUT2D eigenvalue weighted by atomic mass is 35.5. The quantitative estimate of drug-likeness (QED) is 0.845. The number of hydrogen-bond donors (Lipinski definition) is 2. The summed E-state index contributed by atoms with van der Waals surface area (Å²) in [7, 11) is 1.82. The summed E-state index contributed by atoms with van der Waals surface area (Å²) in [5.74, 6) is -1.16. The summed E-state index contributed by atoms with van der Waals surface area (Å²) in [6, 6.07) is 6.54. The van der Waals surface area contributed by atoms with Crippen LogP contribution in [-0.2, 0) is 11.8 Å². The molecule has 6 nitrogen and oxygen atoms in total. The Kier molecular flexibility index (Phi) is 4.20. The van der Waals surface area contributed by atoms with Gasteiger partial charge in [0.2, 0.25) is 0 Å². The van der Waals surface area contributed by atoms with E-state index in [2.05, 4.69) is 5.32 Å². The number of likely N-dealkylation sites (tertiary alicyclic amines) is 1. The van der Waals surface area contributed by atoms with Crippen molar-refractivity contribution in [2.45, 2.75) is 25.3 Å². The minimum atomic E-state index is -0.925. The summed E-state index contributed by atoms with van der Waals surface area (Å²) >= 11 is 6.26. The average Bonchev–Trinajstić information content (AvgIpc) is 3.15. The van der Waals surface area contributed by atoms with Crippen LogP contribution in [0.5, 0.6) is 0 Å². The summed E-state index contributed by atoms with van der Waals surface area (Å²) in [6.45, 7) is 2.25. The number of nitrogens with one attached hydrogen (secondary N) is 1. The molecule has 2 saturated heterocycles. The van der Waals surface area contributed by atoms with Crippen molar-refractivity contribution in [3.05, 3.63) is 35.0 Å². The van der Waals surface area contributed by atoms with Crippen LogP contribution in [0.25, 0.3) is 10.9 Å². The molecule has 2 fully saturated rings. The average molecular weight is 376 g/mol. The summed E-state index contributed by atoms with van der Waals surface area (Å²) in [5, 5.41) is 14.4. The molecule has 4 rings (SSSR count). The van der Waals surface area contributed by atoms with Crippen molar-refractivity contribution in [3.63, 3.8) is 0 Å². The monoisotopic (exact) mass is 375 g/mol. The van der Waals surface area contributed by atoms with Gasteiger partial charge in [-0.25, -0.2) is 4.79 Å². The van der Waals surface area contributed by atoms with Crippen LogP contribution in [0.15, 0.2) is 24.3 Å². The smallest absolute Gasteiger partial charge is 0.326 e. The van der Waals surface area contributed by atoms with E-state index in [0.717, 1.165) is 36.8 Å². The number of benzene rings is 1. The first-order valence-electron chi connectivity index (χ1n) is 8.90. The number of halogens is 1.